The lowest BCUT2D eigenvalue weighted by molar-refractivity contribution is 0.0697. The minimum Gasteiger partial charge on any atom is -0.478 e. The Morgan fingerprint density at radius 1 is 1.39 bits per heavy atom. The van der Waals surface area contributed by atoms with Gasteiger partial charge in [-0.2, -0.15) is 0 Å². The fraction of sp³-hybridized carbons (Fsp3) is 0.250. The summed E-state index contributed by atoms with van der Waals surface area (Å²) in [5, 5.41) is 19.9. The summed E-state index contributed by atoms with van der Waals surface area (Å²) in [5.74, 6) is -0.111. The van der Waals surface area contributed by atoms with Crippen molar-refractivity contribution in [2.75, 3.05) is 5.32 Å². The molecule has 0 aliphatic rings. The molecule has 1 heterocycles. The average molecular weight is 246 g/mol. The van der Waals surface area contributed by atoms with Gasteiger partial charge in [-0.3, -0.25) is 0 Å². The molecule has 1 aromatic carbocycles. The molecule has 18 heavy (non-hydrogen) atoms. The maximum absolute atomic E-state index is 10.7. The Balaban J connectivity index is 2.10. The Morgan fingerprint density at radius 2 is 2.06 bits per heavy atom. The van der Waals surface area contributed by atoms with Crippen molar-refractivity contribution in [2.45, 2.75) is 13.0 Å². The first kappa shape index (κ1) is 12.1. The number of nitrogens with one attached hydrogen (secondary N) is 1. The molecule has 6 heteroatoms. The number of hydrogen-bond donors (Lipinski definition) is 2. The molecule has 0 radical (unpaired) electrons. The third-order valence-electron chi connectivity index (χ3n) is 2.65. The van der Waals surface area contributed by atoms with E-state index in [-0.39, 0.29) is 11.6 Å². The van der Waals surface area contributed by atoms with Crippen LogP contribution >= 0.6 is 0 Å². The third kappa shape index (κ3) is 2.48. The van der Waals surface area contributed by atoms with Gasteiger partial charge in [0, 0.05) is 12.7 Å². The van der Waals surface area contributed by atoms with E-state index < -0.39 is 5.97 Å². The molecule has 6 nitrogen and oxygen atoms in total. The molecule has 0 spiro atoms. The molecule has 1 atom stereocenters. The van der Waals surface area contributed by atoms with Crippen LogP contribution in [0.5, 0.6) is 0 Å². The fourth-order valence-corrected chi connectivity index (χ4v) is 1.71. The van der Waals surface area contributed by atoms with E-state index in [2.05, 4.69) is 15.5 Å². The highest BCUT2D eigenvalue weighted by atomic mass is 16.4. The van der Waals surface area contributed by atoms with Crippen LogP contribution in [0.3, 0.4) is 0 Å². The van der Waals surface area contributed by atoms with Gasteiger partial charge >= 0.3 is 5.97 Å². The number of aromatic nitrogens is 3. The lowest BCUT2D eigenvalue weighted by Crippen LogP contribution is -2.12. The van der Waals surface area contributed by atoms with Crippen molar-refractivity contribution in [1.29, 1.82) is 0 Å². The first-order chi connectivity index (χ1) is 8.58. The molecule has 94 valence electrons. The maximum Gasteiger partial charge on any atom is 0.335 e. The second-order valence-corrected chi connectivity index (χ2v) is 4.05. The smallest absolute Gasteiger partial charge is 0.335 e. The van der Waals surface area contributed by atoms with Gasteiger partial charge in [0.2, 0.25) is 0 Å². The second-order valence-electron chi connectivity index (χ2n) is 4.05. The van der Waals surface area contributed by atoms with E-state index in [1.54, 1.807) is 30.6 Å². The SMILES string of the molecule is CC(Nc1ccc(C(=O)O)cc1)c1nncn1C. The van der Waals surface area contributed by atoms with Crippen molar-refractivity contribution in [3.63, 3.8) is 0 Å². The van der Waals surface area contributed by atoms with Gasteiger partial charge in [0.1, 0.15) is 6.33 Å². The number of carboxylic acid groups (broad SMARTS) is 1. The van der Waals surface area contributed by atoms with Crippen LogP contribution in [-0.4, -0.2) is 25.8 Å². The second kappa shape index (κ2) is 4.87. The highest BCUT2D eigenvalue weighted by Gasteiger charge is 2.11. The number of anilines is 1. The van der Waals surface area contributed by atoms with Gasteiger partial charge in [-0.25, -0.2) is 4.79 Å². The number of aryl methyl sites for hydroxylation is 1. The molecule has 0 aliphatic heterocycles. The predicted molar refractivity (Wildman–Crippen MR) is 66.4 cm³/mol. The Hall–Kier alpha value is -2.37. The zero-order valence-electron chi connectivity index (χ0n) is 10.2. The third-order valence-corrected chi connectivity index (χ3v) is 2.65. The first-order valence-electron chi connectivity index (χ1n) is 5.51. The minimum absolute atomic E-state index is 0.00632. The van der Waals surface area contributed by atoms with Crippen LogP contribution in [0.4, 0.5) is 5.69 Å². The zero-order chi connectivity index (χ0) is 13.1. The van der Waals surface area contributed by atoms with Crippen molar-refractivity contribution >= 4 is 11.7 Å². The van der Waals surface area contributed by atoms with Crippen molar-refractivity contribution in [1.82, 2.24) is 14.8 Å². The Bertz CT molecular complexity index is 547. The van der Waals surface area contributed by atoms with Crippen LogP contribution in [-0.2, 0) is 7.05 Å². The molecular weight excluding hydrogens is 232 g/mol. The predicted octanol–water partition coefficient (Wildman–Crippen LogP) is 1.69. The van der Waals surface area contributed by atoms with Gasteiger partial charge < -0.3 is 15.0 Å². The molecule has 0 fully saturated rings. The summed E-state index contributed by atoms with van der Waals surface area (Å²) >= 11 is 0. The normalized spacial score (nSPS) is 12.1. The van der Waals surface area contributed by atoms with Crippen LogP contribution in [0, 0.1) is 0 Å². The molecule has 2 aromatic rings. The van der Waals surface area contributed by atoms with Crippen LogP contribution < -0.4 is 5.32 Å². The minimum atomic E-state index is -0.928. The highest BCUT2D eigenvalue weighted by Crippen LogP contribution is 2.17. The molecule has 0 bridgehead atoms. The van der Waals surface area contributed by atoms with E-state index in [4.69, 9.17) is 5.11 Å². The van der Waals surface area contributed by atoms with Crippen LogP contribution in [0.15, 0.2) is 30.6 Å². The highest BCUT2D eigenvalue weighted by molar-refractivity contribution is 5.87. The van der Waals surface area contributed by atoms with Crippen LogP contribution in [0.25, 0.3) is 0 Å². The zero-order valence-corrected chi connectivity index (χ0v) is 10.2. The Kier molecular flexibility index (Phi) is 3.27. The fourth-order valence-electron chi connectivity index (χ4n) is 1.71. The molecule has 0 saturated carbocycles. The number of aromatic carboxylic acids is 1. The first-order valence-corrected chi connectivity index (χ1v) is 5.51. The van der Waals surface area contributed by atoms with Gasteiger partial charge in [-0.15, -0.1) is 10.2 Å². The van der Waals surface area contributed by atoms with E-state index in [1.807, 2.05) is 18.5 Å². The van der Waals surface area contributed by atoms with Gasteiger partial charge in [0.15, 0.2) is 5.82 Å². The Morgan fingerprint density at radius 3 is 2.56 bits per heavy atom. The lowest BCUT2D eigenvalue weighted by atomic mass is 10.2. The number of rotatable bonds is 4. The summed E-state index contributed by atoms with van der Waals surface area (Å²) in [6.07, 6.45) is 1.64. The summed E-state index contributed by atoms with van der Waals surface area (Å²) in [5.41, 5.74) is 1.11. The largest absolute Gasteiger partial charge is 0.478 e. The molecule has 0 amide bonds. The van der Waals surface area contributed by atoms with E-state index >= 15 is 0 Å². The molecule has 1 unspecified atom stereocenters. The number of carboxylic acids is 1. The van der Waals surface area contributed by atoms with Crippen molar-refractivity contribution in [3.8, 4) is 0 Å². The molecule has 2 N–H and O–H groups in total. The van der Waals surface area contributed by atoms with Gasteiger partial charge in [-0.1, -0.05) is 0 Å². The van der Waals surface area contributed by atoms with Crippen LogP contribution in [0.1, 0.15) is 29.1 Å². The number of nitrogens with zero attached hydrogens (tertiary/aromatic N) is 3. The van der Waals surface area contributed by atoms with E-state index in [0.29, 0.717) is 0 Å². The summed E-state index contributed by atoms with van der Waals surface area (Å²) in [4.78, 5) is 10.7. The van der Waals surface area contributed by atoms with Gasteiger partial charge in [0.25, 0.3) is 0 Å². The summed E-state index contributed by atoms with van der Waals surface area (Å²) < 4.78 is 1.84. The molecule has 0 saturated heterocycles. The van der Waals surface area contributed by atoms with Crippen molar-refractivity contribution < 1.29 is 9.90 Å². The summed E-state index contributed by atoms with van der Waals surface area (Å²) in [7, 11) is 1.88. The maximum atomic E-state index is 10.7. The number of hydrogen-bond acceptors (Lipinski definition) is 4. The number of carbonyl (C=O) groups is 1. The van der Waals surface area contributed by atoms with Crippen LogP contribution in [0.2, 0.25) is 0 Å². The summed E-state index contributed by atoms with van der Waals surface area (Å²) in [6.45, 7) is 1.97. The lowest BCUT2D eigenvalue weighted by Gasteiger charge is -2.14. The van der Waals surface area contributed by atoms with E-state index in [9.17, 15) is 4.79 Å². The van der Waals surface area contributed by atoms with Gasteiger partial charge in [0.05, 0.1) is 11.6 Å². The van der Waals surface area contributed by atoms with E-state index in [1.165, 1.54) is 0 Å². The van der Waals surface area contributed by atoms with Crippen molar-refractivity contribution in [2.24, 2.45) is 7.05 Å². The molecule has 2 rings (SSSR count). The summed E-state index contributed by atoms with van der Waals surface area (Å²) in [6, 6.07) is 6.59. The quantitative estimate of drug-likeness (QED) is 0.858. The number of benzene rings is 1. The van der Waals surface area contributed by atoms with Gasteiger partial charge in [-0.05, 0) is 31.2 Å². The molecular formula is C12H14N4O2. The average Bonchev–Trinajstić information content (AvgIpc) is 2.76. The standard InChI is InChI=1S/C12H14N4O2/c1-8(11-15-13-7-16(11)2)14-10-5-3-9(4-6-10)12(17)18/h3-8,14H,1-2H3,(H,17,18). The van der Waals surface area contributed by atoms with E-state index in [0.717, 1.165) is 11.5 Å². The molecule has 1 aromatic heterocycles. The Labute approximate surface area is 104 Å². The van der Waals surface area contributed by atoms with Crippen molar-refractivity contribution in [3.05, 3.63) is 42.0 Å². The molecule has 0 aliphatic carbocycles. The topological polar surface area (TPSA) is 80.0 Å². The monoisotopic (exact) mass is 246 g/mol.